The fraction of sp³-hybridized carbons (Fsp3) is 0.348. The number of hydrogen-bond acceptors (Lipinski definition) is 9. The number of aryl methyl sites for hydroxylation is 1. The van der Waals surface area contributed by atoms with Gasteiger partial charge in [-0.25, -0.2) is 0 Å². The van der Waals surface area contributed by atoms with Gasteiger partial charge in [-0.2, -0.15) is 0 Å². The molecule has 0 aliphatic carbocycles. The summed E-state index contributed by atoms with van der Waals surface area (Å²) in [6, 6.07) is 6.52. The van der Waals surface area contributed by atoms with Gasteiger partial charge in [0.1, 0.15) is 5.78 Å². The minimum Gasteiger partial charge on any atom is -0.456 e. The molecule has 10 heteroatoms. The minimum atomic E-state index is -0.712. The van der Waals surface area contributed by atoms with Crippen LogP contribution < -0.4 is 14.8 Å². The van der Waals surface area contributed by atoms with Crippen molar-refractivity contribution in [2.75, 3.05) is 18.7 Å². The summed E-state index contributed by atoms with van der Waals surface area (Å²) in [6.07, 6.45) is -0.138. The Hall–Kier alpha value is -3.53. The average Bonchev–Trinajstić information content (AvgIpc) is 3.42. The van der Waals surface area contributed by atoms with Gasteiger partial charge in [0.05, 0.1) is 17.0 Å². The fourth-order valence-electron chi connectivity index (χ4n) is 3.07. The first-order valence-electron chi connectivity index (χ1n) is 10.2. The van der Waals surface area contributed by atoms with Gasteiger partial charge in [-0.1, -0.05) is 0 Å². The second kappa shape index (κ2) is 10.9. The maximum atomic E-state index is 12.2. The Morgan fingerprint density at radius 2 is 1.70 bits per heavy atom. The number of benzene rings is 1. The quantitative estimate of drug-likeness (QED) is 0.388. The zero-order valence-corrected chi connectivity index (χ0v) is 19.0. The lowest BCUT2D eigenvalue weighted by Crippen LogP contribution is -2.22. The third kappa shape index (κ3) is 6.72. The molecule has 1 aromatic heterocycles. The van der Waals surface area contributed by atoms with Crippen LogP contribution in [0.5, 0.6) is 11.5 Å². The van der Waals surface area contributed by atoms with E-state index in [1.807, 2.05) is 13.0 Å². The van der Waals surface area contributed by atoms with Gasteiger partial charge in [-0.05, 0) is 32.0 Å². The molecular formula is C23H23NO8S. The van der Waals surface area contributed by atoms with Gasteiger partial charge < -0.3 is 19.5 Å². The Labute approximate surface area is 194 Å². The molecule has 0 spiro atoms. The number of nitrogens with one attached hydrogen (secondary N) is 1. The molecule has 1 aromatic carbocycles. The molecule has 0 bridgehead atoms. The SMILES string of the molecule is CC(=O)c1cc2c(cc1NC(=O)COC(=O)CCC(=O)CCC(=O)c1ccc(C)s1)OCO2. The zero-order valence-electron chi connectivity index (χ0n) is 18.2. The van der Waals surface area contributed by atoms with E-state index in [1.165, 1.54) is 30.4 Å². The largest absolute Gasteiger partial charge is 0.456 e. The van der Waals surface area contributed by atoms with Crippen molar-refractivity contribution in [2.45, 2.75) is 39.5 Å². The third-order valence-electron chi connectivity index (χ3n) is 4.78. The molecule has 1 aliphatic rings. The van der Waals surface area contributed by atoms with Gasteiger partial charge in [0, 0.05) is 35.8 Å². The van der Waals surface area contributed by atoms with E-state index in [9.17, 15) is 24.0 Å². The second-order valence-corrected chi connectivity index (χ2v) is 8.68. The van der Waals surface area contributed by atoms with Gasteiger partial charge in [0.2, 0.25) is 6.79 Å². The van der Waals surface area contributed by atoms with Gasteiger partial charge in [-0.3, -0.25) is 24.0 Å². The minimum absolute atomic E-state index is 0.0161. The van der Waals surface area contributed by atoms with Crippen molar-refractivity contribution in [1.29, 1.82) is 0 Å². The number of thiophene rings is 1. The van der Waals surface area contributed by atoms with Crippen molar-refractivity contribution in [3.63, 3.8) is 0 Å². The Bertz CT molecular complexity index is 1100. The van der Waals surface area contributed by atoms with E-state index < -0.39 is 18.5 Å². The zero-order chi connectivity index (χ0) is 24.0. The molecule has 0 unspecified atom stereocenters. The molecule has 9 nitrogen and oxygen atoms in total. The topological polar surface area (TPSA) is 125 Å². The van der Waals surface area contributed by atoms with Crippen molar-refractivity contribution >= 4 is 46.3 Å². The number of carbonyl (C=O) groups is 5. The van der Waals surface area contributed by atoms with E-state index in [4.69, 9.17) is 14.2 Å². The number of fused-ring (bicyclic) bond motifs is 1. The van der Waals surface area contributed by atoms with Crippen LogP contribution in [0, 0.1) is 6.92 Å². The first kappa shape index (κ1) is 24.1. The number of amides is 1. The van der Waals surface area contributed by atoms with Crippen LogP contribution in [-0.2, 0) is 19.1 Å². The fourth-order valence-corrected chi connectivity index (χ4v) is 3.90. The monoisotopic (exact) mass is 473 g/mol. The number of ether oxygens (including phenoxy) is 3. The molecule has 0 fully saturated rings. The highest BCUT2D eigenvalue weighted by Gasteiger charge is 2.21. The molecule has 2 aromatic rings. The normalized spacial score (nSPS) is 11.7. The molecule has 1 aliphatic heterocycles. The number of carbonyl (C=O) groups excluding carboxylic acids is 5. The number of esters is 1. The number of anilines is 1. The molecular weight excluding hydrogens is 450 g/mol. The molecule has 1 amide bonds. The average molecular weight is 474 g/mol. The van der Waals surface area contributed by atoms with Crippen molar-refractivity contribution in [2.24, 2.45) is 0 Å². The maximum absolute atomic E-state index is 12.2. The van der Waals surface area contributed by atoms with Crippen LogP contribution in [0.4, 0.5) is 5.69 Å². The van der Waals surface area contributed by atoms with Gasteiger partial charge in [0.25, 0.3) is 5.91 Å². The molecule has 0 radical (unpaired) electrons. The summed E-state index contributed by atoms with van der Waals surface area (Å²) in [7, 11) is 0. The standard InChI is InChI=1S/C23H23NO8S/c1-13-3-7-21(33-13)18(27)6-4-15(26)5-8-23(29)30-11-22(28)24-17-10-20-19(31-12-32-20)9-16(17)14(2)25/h3,7,9-10H,4-6,8,11-12H2,1-2H3,(H,24,28). The highest BCUT2D eigenvalue weighted by Crippen LogP contribution is 2.37. The van der Waals surface area contributed by atoms with E-state index in [2.05, 4.69) is 5.32 Å². The Kier molecular flexibility index (Phi) is 7.94. The van der Waals surface area contributed by atoms with Crippen molar-refractivity contribution in [1.82, 2.24) is 0 Å². The van der Waals surface area contributed by atoms with Gasteiger partial charge >= 0.3 is 5.97 Å². The lowest BCUT2D eigenvalue weighted by Gasteiger charge is -2.11. The van der Waals surface area contributed by atoms with Crippen LogP contribution in [-0.4, -0.2) is 42.6 Å². The number of ketones is 3. The smallest absolute Gasteiger partial charge is 0.306 e. The molecule has 3 rings (SSSR count). The number of hydrogen-bond donors (Lipinski definition) is 1. The van der Waals surface area contributed by atoms with E-state index in [-0.39, 0.29) is 61.1 Å². The molecule has 0 atom stereocenters. The summed E-state index contributed by atoms with van der Waals surface area (Å²) in [5, 5.41) is 2.52. The summed E-state index contributed by atoms with van der Waals surface area (Å²) in [5.41, 5.74) is 0.449. The van der Waals surface area contributed by atoms with Gasteiger partial charge in [0.15, 0.2) is 29.7 Å². The van der Waals surface area contributed by atoms with Crippen molar-refractivity contribution < 1.29 is 38.2 Å². The number of rotatable bonds is 11. The van der Waals surface area contributed by atoms with Crippen LogP contribution >= 0.6 is 11.3 Å². The van der Waals surface area contributed by atoms with Crippen LogP contribution in [0.2, 0.25) is 0 Å². The van der Waals surface area contributed by atoms with Crippen LogP contribution in [0.3, 0.4) is 0 Å². The molecule has 1 N–H and O–H groups in total. The van der Waals surface area contributed by atoms with Crippen LogP contribution in [0.25, 0.3) is 0 Å². The highest BCUT2D eigenvalue weighted by molar-refractivity contribution is 7.14. The predicted molar refractivity (Wildman–Crippen MR) is 119 cm³/mol. The van der Waals surface area contributed by atoms with Gasteiger partial charge in [-0.15, -0.1) is 11.3 Å². The molecule has 2 heterocycles. The first-order valence-corrected chi connectivity index (χ1v) is 11.1. The highest BCUT2D eigenvalue weighted by atomic mass is 32.1. The Balaban J connectivity index is 1.40. The van der Waals surface area contributed by atoms with Crippen molar-refractivity contribution in [3.05, 3.63) is 39.6 Å². The maximum Gasteiger partial charge on any atom is 0.306 e. The lowest BCUT2D eigenvalue weighted by atomic mass is 10.1. The molecule has 174 valence electrons. The summed E-state index contributed by atoms with van der Waals surface area (Å²) < 4.78 is 15.4. The Morgan fingerprint density at radius 3 is 2.36 bits per heavy atom. The summed E-state index contributed by atoms with van der Waals surface area (Å²) in [6.45, 7) is 2.69. The van der Waals surface area contributed by atoms with Crippen molar-refractivity contribution in [3.8, 4) is 11.5 Å². The molecule has 0 saturated carbocycles. The molecule has 33 heavy (non-hydrogen) atoms. The van der Waals surface area contributed by atoms with E-state index in [0.717, 1.165) is 4.88 Å². The van der Waals surface area contributed by atoms with Crippen LogP contribution in [0.15, 0.2) is 24.3 Å². The summed E-state index contributed by atoms with van der Waals surface area (Å²) >= 11 is 1.38. The summed E-state index contributed by atoms with van der Waals surface area (Å²) in [5.74, 6) is -1.19. The summed E-state index contributed by atoms with van der Waals surface area (Å²) in [4.78, 5) is 61.6. The number of Topliss-reactive ketones (excluding diaryl/α,β-unsaturated/α-hetero) is 3. The molecule has 0 saturated heterocycles. The van der Waals surface area contributed by atoms with E-state index in [1.54, 1.807) is 6.07 Å². The van der Waals surface area contributed by atoms with E-state index in [0.29, 0.717) is 16.4 Å². The predicted octanol–water partition coefficient (Wildman–Crippen LogP) is 3.48. The lowest BCUT2D eigenvalue weighted by molar-refractivity contribution is -0.148. The van der Waals surface area contributed by atoms with Crippen LogP contribution in [0.1, 0.15) is 57.5 Å². The third-order valence-corrected chi connectivity index (χ3v) is 5.83. The second-order valence-electron chi connectivity index (χ2n) is 7.39. The van der Waals surface area contributed by atoms with E-state index >= 15 is 0 Å². The Morgan fingerprint density at radius 1 is 1.00 bits per heavy atom. The first-order chi connectivity index (χ1) is 15.7.